The summed E-state index contributed by atoms with van der Waals surface area (Å²) in [6.07, 6.45) is 1.76. The second-order valence-corrected chi connectivity index (χ2v) is 10.3. The molecule has 8 heteroatoms. The summed E-state index contributed by atoms with van der Waals surface area (Å²) in [7, 11) is 0. The van der Waals surface area contributed by atoms with Gasteiger partial charge in [0.25, 0.3) is 0 Å². The van der Waals surface area contributed by atoms with Crippen molar-refractivity contribution in [1.82, 2.24) is 10.3 Å². The molecule has 1 aliphatic rings. The average Bonchev–Trinajstić information content (AvgIpc) is 3.59. The maximum absolute atomic E-state index is 11.4. The summed E-state index contributed by atoms with van der Waals surface area (Å²) in [6, 6.07) is 29.8. The van der Waals surface area contributed by atoms with Crippen molar-refractivity contribution in [3.05, 3.63) is 131 Å². The first-order valence-corrected chi connectivity index (χ1v) is 13.6. The molecule has 0 amide bonds. The number of thiocarbonyl (C=S) groups is 1. The summed E-state index contributed by atoms with van der Waals surface area (Å²) in [6.45, 7) is 3.89. The Morgan fingerprint density at radius 3 is 2.44 bits per heavy atom. The SMILES string of the molecule is Cc1ccccc1Oc1ccc(N2C(=S)N[C@H](c3ccccn3)[C@H]2c2ccc(-c3ccc(C(=O)O)cc3C)o2)cc1. The number of nitrogens with one attached hydrogen (secondary N) is 1. The maximum Gasteiger partial charge on any atom is 0.335 e. The summed E-state index contributed by atoms with van der Waals surface area (Å²) >= 11 is 5.85. The number of ether oxygens (including phenoxy) is 1. The quantitative estimate of drug-likeness (QED) is 0.196. The molecule has 1 fully saturated rings. The molecule has 2 N–H and O–H groups in total. The Kier molecular flexibility index (Phi) is 6.99. The minimum atomic E-state index is -0.963. The summed E-state index contributed by atoms with van der Waals surface area (Å²) in [5.74, 6) is 1.91. The van der Waals surface area contributed by atoms with Gasteiger partial charge in [0.15, 0.2) is 5.11 Å². The van der Waals surface area contributed by atoms with Gasteiger partial charge in [0.2, 0.25) is 0 Å². The molecule has 0 unspecified atom stereocenters. The number of aromatic nitrogens is 1. The lowest BCUT2D eigenvalue weighted by molar-refractivity contribution is 0.0696. The minimum absolute atomic E-state index is 0.236. The van der Waals surface area contributed by atoms with Gasteiger partial charge in [-0.25, -0.2) is 4.79 Å². The number of carboxylic acids is 1. The van der Waals surface area contributed by atoms with Crippen LogP contribution in [-0.2, 0) is 0 Å². The third kappa shape index (κ3) is 5.17. The van der Waals surface area contributed by atoms with Crippen LogP contribution in [0.15, 0.2) is 108 Å². The Morgan fingerprint density at radius 2 is 1.73 bits per heavy atom. The number of para-hydroxylation sites is 1. The predicted octanol–water partition coefficient (Wildman–Crippen LogP) is 7.63. The molecular formula is C33H27N3O4S. The van der Waals surface area contributed by atoms with Gasteiger partial charge >= 0.3 is 5.97 Å². The molecule has 1 aliphatic heterocycles. The fourth-order valence-corrected chi connectivity index (χ4v) is 5.47. The molecule has 1 saturated heterocycles. The highest BCUT2D eigenvalue weighted by atomic mass is 32.1. The molecule has 2 aromatic heterocycles. The summed E-state index contributed by atoms with van der Waals surface area (Å²) < 4.78 is 12.6. The number of nitrogens with zero attached hydrogens (tertiary/aromatic N) is 2. The average molecular weight is 562 g/mol. The lowest BCUT2D eigenvalue weighted by Crippen LogP contribution is -2.29. The van der Waals surface area contributed by atoms with Crippen LogP contribution in [0, 0.1) is 13.8 Å². The zero-order chi connectivity index (χ0) is 28.5. The second-order valence-electron chi connectivity index (χ2n) is 9.89. The number of benzene rings is 3. The molecular weight excluding hydrogens is 534 g/mol. The highest BCUT2D eigenvalue weighted by Gasteiger charge is 2.42. The lowest BCUT2D eigenvalue weighted by atomic mass is 10.0. The van der Waals surface area contributed by atoms with E-state index in [1.54, 1.807) is 24.4 Å². The second kappa shape index (κ2) is 10.9. The van der Waals surface area contributed by atoms with Crippen molar-refractivity contribution in [2.24, 2.45) is 0 Å². The molecule has 2 atom stereocenters. The molecule has 3 aromatic carbocycles. The molecule has 5 aromatic rings. The Labute approximate surface area is 243 Å². The number of carboxylic acid groups (broad SMARTS) is 1. The van der Waals surface area contributed by atoms with Gasteiger partial charge in [0.05, 0.1) is 17.3 Å². The number of carbonyl (C=O) groups is 1. The zero-order valence-electron chi connectivity index (χ0n) is 22.4. The van der Waals surface area contributed by atoms with Gasteiger partial charge in [-0.15, -0.1) is 0 Å². The Hall–Kier alpha value is -4.95. The molecule has 3 heterocycles. The molecule has 0 radical (unpaired) electrons. The summed E-state index contributed by atoms with van der Waals surface area (Å²) in [4.78, 5) is 18.1. The standard InChI is InChI=1S/C33H27N3O4S/c1-20-7-3-4-9-27(20)39-24-13-11-23(12-14-24)36-31(30(35-33(36)41)26-8-5-6-18-34-26)29-17-16-28(40-29)25-15-10-22(32(37)38)19-21(25)2/h3-19,30-31H,1-2H3,(H,35,41)(H,37,38)/t30-,31-/m1/s1. The number of aromatic carboxylic acids is 1. The van der Waals surface area contributed by atoms with Gasteiger partial charge in [-0.1, -0.05) is 30.3 Å². The van der Waals surface area contributed by atoms with Crippen LogP contribution in [0.3, 0.4) is 0 Å². The predicted molar refractivity (Wildman–Crippen MR) is 161 cm³/mol. The van der Waals surface area contributed by atoms with E-state index < -0.39 is 5.97 Å². The number of furan rings is 1. The molecule has 41 heavy (non-hydrogen) atoms. The van der Waals surface area contributed by atoms with Crippen LogP contribution in [0.5, 0.6) is 11.5 Å². The van der Waals surface area contributed by atoms with E-state index in [1.165, 1.54) is 0 Å². The van der Waals surface area contributed by atoms with E-state index in [1.807, 2.05) is 97.6 Å². The smallest absolute Gasteiger partial charge is 0.335 e. The van der Waals surface area contributed by atoms with Crippen LogP contribution in [0.1, 0.15) is 45.0 Å². The topological polar surface area (TPSA) is 87.8 Å². The van der Waals surface area contributed by atoms with Gasteiger partial charge in [-0.2, -0.15) is 0 Å². The van der Waals surface area contributed by atoms with E-state index in [2.05, 4.69) is 10.3 Å². The Balaban J connectivity index is 1.36. The number of hydrogen-bond donors (Lipinski definition) is 2. The van der Waals surface area contributed by atoms with Crippen molar-refractivity contribution in [1.29, 1.82) is 0 Å². The molecule has 7 nitrogen and oxygen atoms in total. The molecule has 0 spiro atoms. The highest BCUT2D eigenvalue weighted by Crippen LogP contribution is 2.43. The largest absolute Gasteiger partial charge is 0.478 e. The molecule has 6 rings (SSSR count). The van der Waals surface area contributed by atoms with Crippen LogP contribution < -0.4 is 15.0 Å². The van der Waals surface area contributed by atoms with Crippen LogP contribution in [-0.4, -0.2) is 21.2 Å². The molecule has 0 aliphatic carbocycles. The van der Waals surface area contributed by atoms with Gasteiger partial charge in [-0.3, -0.25) is 4.98 Å². The Bertz CT molecular complexity index is 1730. The van der Waals surface area contributed by atoms with Crippen molar-refractivity contribution in [3.8, 4) is 22.8 Å². The van der Waals surface area contributed by atoms with Crippen molar-refractivity contribution < 1.29 is 19.1 Å². The van der Waals surface area contributed by atoms with E-state index in [0.717, 1.165) is 39.6 Å². The van der Waals surface area contributed by atoms with Crippen molar-refractivity contribution in [2.75, 3.05) is 4.90 Å². The van der Waals surface area contributed by atoms with Crippen LogP contribution in [0.2, 0.25) is 0 Å². The fourth-order valence-electron chi connectivity index (χ4n) is 5.12. The first kappa shape index (κ1) is 26.3. The number of anilines is 1. The van der Waals surface area contributed by atoms with E-state index in [0.29, 0.717) is 16.6 Å². The summed E-state index contributed by atoms with van der Waals surface area (Å²) in [5, 5.41) is 13.4. The number of aryl methyl sites for hydroxylation is 2. The van der Waals surface area contributed by atoms with Crippen molar-refractivity contribution in [3.63, 3.8) is 0 Å². The van der Waals surface area contributed by atoms with E-state index in [4.69, 9.17) is 21.4 Å². The van der Waals surface area contributed by atoms with Gasteiger partial charge < -0.3 is 24.5 Å². The number of hydrogen-bond acceptors (Lipinski definition) is 5. The van der Waals surface area contributed by atoms with E-state index in [-0.39, 0.29) is 17.6 Å². The van der Waals surface area contributed by atoms with E-state index in [9.17, 15) is 9.90 Å². The monoisotopic (exact) mass is 561 g/mol. The molecule has 204 valence electrons. The maximum atomic E-state index is 11.4. The normalized spacial score (nSPS) is 16.4. The van der Waals surface area contributed by atoms with Gasteiger partial charge in [0.1, 0.15) is 29.1 Å². The first-order valence-electron chi connectivity index (χ1n) is 13.2. The van der Waals surface area contributed by atoms with Crippen molar-refractivity contribution in [2.45, 2.75) is 25.9 Å². The van der Waals surface area contributed by atoms with Gasteiger partial charge in [0, 0.05) is 17.4 Å². The van der Waals surface area contributed by atoms with Crippen LogP contribution in [0.4, 0.5) is 5.69 Å². The third-order valence-corrected chi connectivity index (χ3v) is 7.51. The first-order chi connectivity index (χ1) is 19.9. The fraction of sp³-hybridized carbons (Fsp3) is 0.121. The lowest BCUT2D eigenvalue weighted by Gasteiger charge is -2.26. The zero-order valence-corrected chi connectivity index (χ0v) is 23.3. The third-order valence-electron chi connectivity index (χ3n) is 7.19. The van der Waals surface area contributed by atoms with Gasteiger partial charge in [-0.05, 0) is 104 Å². The highest BCUT2D eigenvalue weighted by molar-refractivity contribution is 7.80. The summed E-state index contributed by atoms with van der Waals surface area (Å²) in [5.41, 5.74) is 4.65. The number of rotatable bonds is 7. The van der Waals surface area contributed by atoms with Crippen molar-refractivity contribution >= 4 is 29.0 Å². The Morgan fingerprint density at radius 1 is 0.951 bits per heavy atom. The number of pyridine rings is 1. The van der Waals surface area contributed by atoms with Crippen LogP contribution >= 0.6 is 12.2 Å². The molecule has 0 saturated carbocycles. The minimum Gasteiger partial charge on any atom is -0.478 e. The van der Waals surface area contributed by atoms with Crippen LogP contribution in [0.25, 0.3) is 11.3 Å². The van der Waals surface area contributed by atoms with E-state index >= 15 is 0 Å². The molecule has 0 bridgehead atoms.